The quantitative estimate of drug-likeness (QED) is 0.796. The number of carbonyl (C=O) groups is 2. The second kappa shape index (κ2) is 6.00. The minimum atomic E-state index is -0.753. The van der Waals surface area contributed by atoms with E-state index in [1.807, 2.05) is 12.1 Å². The molecule has 0 spiro atoms. The van der Waals surface area contributed by atoms with E-state index in [0.717, 1.165) is 0 Å². The molecule has 1 aliphatic carbocycles. The normalized spacial score (nSPS) is 21.5. The van der Waals surface area contributed by atoms with Crippen LogP contribution in [0.4, 0.5) is 10.7 Å². The summed E-state index contributed by atoms with van der Waals surface area (Å²) in [5, 5.41) is 18.5. The number of hydrogen-bond donors (Lipinski definition) is 3. The average Bonchev–Trinajstić information content (AvgIpc) is 2.89. The highest BCUT2D eigenvalue weighted by Gasteiger charge is 2.26. The van der Waals surface area contributed by atoms with E-state index in [1.165, 1.54) is 0 Å². The van der Waals surface area contributed by atoms with Crippen molar-refractivity contribution in [2.45, 2.75) is 31.7 Å². The van der Waals surface area contributed by atoms with E-state index in [2.05, 4.69) is 20.7 Å². The van der Waals surface area contributed by atoms with E-state index in [9.17, 15) is 9.59 Å². The van der Waals surface area contributed by atoms with Crippen LogP contribution in [0.1, 0.15) is 25.7 Å². The molecular weight excluding hydrogens is 286 g/mol. The van der Waals surface area contributed by atoms with Crippen LogP contribution >= 0.6 is 0 Å². The summed E-state index contributed by atoms with van der Waals surface area (Å²) >= 11 is 0. The highest BCUT2D eigenvalue weighted by molar-refractivity contribution is 5.87. The number of fused-ring (bicyclic) bond motifs is 1. The maximum Gasteiger partial charge on any atom is 0.321 e. The summed E-state index contributed by atoms with van der Waals surface area (Å²) in [6.07, 6.45) is 4.27. The molecule has 2 aromatic heterocycles. The van der Waals surface area contributed by atoms with Crippen LogP contribution in [0.2, 0.25) is 0 Å². The van der Waals surface area contributed by atoms with Crippen molar-refractivity contribution in [1.29, 1.82) is 0 Å². The third-order valence-electron chi connectivity index (χ3n) is 3.88. The molecule has 0 radical (unpaired) electrons. The fourth-order valence-corrected chi connectivity index (χ4v) is 2.69. The lowest BCUT2D eigenvalue weighted by molar-refractivity contribution is -0.142. The van der Waals surface area contributed by atoms with Gasteiger partial charge in [0.15, 0.2) is 5.65 Å². The smallest absolute Gasteiger partial charge is 0.321 e. The molecule has 1 saturated carbocycles. The Kier molecular flexibility index (Phi) is 3.90. The zero-order chi connectivity index (χ0) is 15.5. The highest BCUT2D eigenvalue weighted by Crippen LogP contribution is 2.24. The van der Waals surface area contributed by atoms with Crippen molar-refractivity contribution >= 4 is 23.6 Å². The Balaban J connectivity index is 1.53. The fourth-order valence-electron chi connectivity index (χ4n) is 2.69. The molecule has 2 aromatic rings. The van der Waals surface area contributed by atoms with E-state index < -0.39 is 5.97 Å². The molecule has 2 heterocycles. The Bertz CT molecular complexity index is 658. The maximum atomic E-state index is 11.9. The molecule has 116 valence electrons. The molecule has 3 rings (SSSR count). The predicted octanol–water partition coefficient (Wildman–Crippen LogP) is 1.49. The molecule has 0 atom stereocenters. The molecule has 3 N–H and O–H groups in total. The molecule has 1 aliphatic rings. The first kappa shape index (κ1) is 14.3. The number of nitrogens with zero attached hydrogens (tertiary/aromatic N) is 3. The standard InChI is InChI=1S/C14H17N5O3/c20-12(21)9-4-6-10(7-5-9)15-14(22)17-13-16-11-3-1-2-8-19(11)18-13/h1-3,8-10H,4-7H2,(H,20,21)(H2,15,17,18,22). The number of urea groups is 1. The van der Waals surface area contributed by atoms with Gasteiger partial charge in [0.1, 0.15) is 0 Å². The summed E-state index contributed by atoms with van der Waals surface area (Å²) in [5.74, 6) is -0.805. The van der Waals surface area contributed by atoms with E-state index in [-0.39, 0.29) is 23.9 Å². The van der Waals surface area contributed by atoms with E-state index in [0.29, 0.717) is 31.3 Å². The van der Waals surface area contributed by atoms with Crippen LogP contribution < -0.4 is 10.6 Å². The Hall–Kier alpha value is -2.64. The van der Waals surface area contributed by atoms with Crippen LogP contribution in [-0.4, -0.2) is 37.7 Å². The number of carboxylic acids is 1. The van der Waals surface area contributed by atoms with Crippen LogP contribution in [0.3, 0.4) is 0 Å². The molecule has 0 aromatic carbocycles. The Morgan fingerprint density at radius 2 is 2.00 bits per heavy atom. The summed E-state index contributed by atoms with van der Waals surface area (Å²) in [6.45, 7) is 0. The van der Waals surface area contributed by atoms with Gasteiger partial charge in [-0.3, -0.25) is 10.1 Å². The van der Waals surface area contributed by atoms with Crippen molar-refractivity contribution in [3.8, 4) is 0 Å². The lowest BCUT2D eigenvalue weighted by atomic mass is 9.86. The summed E-state index contributed by atoms with van der Waals surface area (Å²) in [4.78, 5) is 27.0. The SMILES string of the molecule is O=C(Nc1nc2ccccn2n1)NC1CCC(C(=O)O)CC1. The van der Waals surface area contributed by atoms with Crippen molar-refractivity contribution in [1.82, 2.24) is 19.9 Å². The molecule has 8 nitrogen and oxygen atoms in total. The monoisotopic (exact) mass is 303 g/mol. The number of nitrogens with one attached hydrogen (secondary N) is 2. The molecule has 0 saturated heterocycles. The second-order valence-corrected chi connectivity index (χ2v) is 5.42. The van der Waals surface area contributed by atoms with E-state index in [1.54, 1.807) is 16.8 Å². The predicted molar refractivity (Wildman–Crippen MR) is 78.5 cm³/mol. The number of hydrogen-bond acceptors (Lipinski definition) is 4. The summed E-state index contributed by atoms with van der Waals surface area (Å²) in [6, 6.07) is 5.09. The van der Waals surface area contributed by atoms with Crippen molar-refractivity contribution < 1.29 is 14.7 Å². The van der Waals surface area contributed by atoms with Gasteiger partial charge in [-0.1, -0.05) is 6.07 Å². The number of anilines is 1. The molecule has 0 unspecified atom stereocenters. The van der Waals surface area contributed by atoms with Crippen LogP contribution in [0, 0.1) is 5.92 Å². The first-order valence-corrected chi connectivity index (χ1v) is 7.23. The number of amides is 2. The van der Waals surface area contributed by atoms with Gasteiger partial charge in [0.25, 0.3) is 5.95 Å². The largest absolute Gasteiger partial charge is 0.481 e. The van der Waals surface area contributed by atoms with Gasteiger partial charge < -0.3 is 10.4 Å². The zero-order valence-electron chi connectivity index (χ0n) is 11.9. The van der Waals surface area contributed by atoms with Crippen molar-refractivity contribution in [3.05, 3.63) is 24.4 Å². The van der Waals surface area contributed by atoms with Crippen LogP contribution in [0.25, 0.3) is 5.65 Å². The Morgan fingerprint density at radius 3 is 2.68 bits per heavy atom. The van der Waals surface area contributed by atoms with Crippen LogP contribution in [-0.2, 0) is 4.79 Å². The highest BCUT2D eigenvalue weighted by atomic mass is 16.4. The zero-order valence-corrected chi connectivity index (χ0v) is 11.9. The number of aliphatic carboxylic acids is 1. The van der Waals surface area contributed by atoms with Gasteiger partial charge in [0.05, 0.1) is 5.92 Å². The summed E-state index contributed by atoms with van der Waals surface area (Å²) in [5.41, 5.74) is 0.653. The molecule has 0 bridgehead atoms. The summed E-state index contributed by atoms with van der Waals surface area (Å²) in [7, 11) is 0. The maximum absolute atomic E-state index is 11.9. The van der Waals surface area contributed by atoms with Gasteiger partial charge >= 0.3 is 12.0 Å². The molecule has 8 heteroatoms. The van der Waals surface area contributed by atoms with Crippen LogP contribution in [0.15, 0.2) is 24.4 Å². The number of carboxylic acid groups (broad SMARTS) is 1. The van der Waals surface area contributed by atoms with Crippen molar-refractivity contribution in [2.75, 3.05) is 5.32 Å². The van der Waals surface area contributed by atoms with E-state index >= 15 is 0 Å². The average molecular weight is 303 g/mol. The van der Waals surface area contributed by atoms with Crippen LogP contribution in [0.5, 0.6) is 0 Å². The first-order valence-electron chi connectivity index (χ1n) is 7.23. The summed E-state index contributed by atoms with van der Waals surface area (Å²) < 4.78 is 1.58. The third-order valence-corrected chi connectivity index (χ3v) is 3.88. The minimum Gasteiger partial charge on any atom is -0.481 e. The molecule has 22 heavy (non-hydrogen) atoms. The minimum absolute atomic E-state index is 0.00682. The second-order valence-electron chi connectivity index (χ2n) is 5.42. The van der Waals surface area contributed by atoms with Gasteiger partial charge in [-0.2, -0.15) is 4.98 Å². The molecule has 2 amide bonds. The van der Waals surface area contributed by atoms with Gasteiger partial charge in [-0.25, -0.2) is 9.31 Å². The third kappa shape index (κ3) is 3.16. The van der Waals surface area contributed by atoms with Crippen molar-refractivity contribution in [2.24, 2.45) is 5.92 Å². The lowest BCUT2D eigenvalue weighted by Gasteiger charge is -2.26. The Morgan fingerprint density at radius 1 is 1.23 bits per heavy atom. The number of aromatic nitrogens is 3. The number of carbonyl (C=O) groups excluding carboxylic acids is 1. The topological polar surface area (TPSA) is 109 Å². The van der Waals surface area contributed by atoms with Crippen molar-refractivity contribution in [3.63, 3.8) is 0 Å². The Labute approximate surface area is 126 Å². The number of pyridine rings is 1. The van der Waals surface area contributed by atoms with Gasteiger partial charge in [-0.15, -0.1) is 5.10 Å². The van der Waals surface area contributed by atoms with Gasteiger partial charge in [-0.05, 0) is 37.8 Å². The van der Waals surface area contributed by atoms with E-state index in [4.69, 9.17) is 5.11 Å². The lowest BCUT2D eigenvalue weighted by Crippen LogP contribution is -2.41. The molecule has 0 aliphatic heterocycles. The fraction of sp³-hybridized carbons (Fsp3) is 0.429. The molecular formula is C14H17N5O3. The first-order chi connectivity index (χ1) is 10.6. The molecule has 1 fully saturated rings. The number of rotatable bonds is 3. The van der Waals surface area contributed by atoms with Gasteiger partial charge in [0.2, 0.25) is 0 Å². The van der Waals surface area contributed by atoms with Gasteiger partial charge in [0, 0.05) is 12.2 Å².